The van der Waals surface area contributed by atoms with Crippen LogP contribution in [-0.2, 0) is 16.1 Å². The van der Waals surface area contributed by atoms with Crippen molar-refractivity contribution in [3.05, 3.63) is 83.1 Å². The first-order valence-electron chi connectivity index (χ1n) is 8.96. The highest BCUT2D eigenvalue weighted by atomic mass is 16.5. The number of urea groups is 1. The summed E-state index contributed by atoms with van der Waals surface area (Å²) in [5.74, 6) is -0.435. The fourth-order valence-corrected chi connectivity index (χ4v) is 3.03. The SMILES string of the molecule is CCOC(=O)C1=C(CNCc2ccccc2)NC(=O)N[C@@H]1c1ccccc1. The number of carbonyl (C=O) groups is 2. The van der Waals surface area contributed by atoms with Gasteiger partial charge in [-0.2, -0.15) is 0 Å². The van der Waals surface area contributed by atoms with Crippen LogP contribution in [-0.4, -0.2) is 25.2 Å². The van der Waals surface area contributed by atoms with E-state index in [0.717, 1.165) is 11.1 Å². The summed E-state index contributed by atoms with van der Waals surface area (Å²) >= 11 is 0. The summed E-state index contributed by atoms with van der Waals surface area (Å²) in [5, 5.41) is 8.86. The Labute approximate surface area is 158 Å². The van der Waals surface area contributed by atoms with Crippen LogP contribution in [0.5, 0.6) is 0 Å². The minimum absolute atomic E-state index is 0.266. The third-order valence-corrected chi connectivity index (χ3v) is 4.26. The van der Waals surface area contributed by atoms with E-state index < -0.39 is 12.0 Å². The molecule has 0 spiro atoms. The molecule has 1 heterocycles. The van der Waals surface area contributed by atoms with Gasteiger partial charge in [0.1, 0.15) is 0 Å². The molecule has 0 unspecified atom stereocenters. The summed E-state index contributed by atoms with van der Waals surface area (Å²) < 4.78 is 5.25. The van der Waals surface area contributed by atoms with Crippen LogP contribution in [0, 0.1) is 0 Å². The van der Waals surface area contributed by atoms with E-state index in [9.17, 15) is 9.59 Å². The molecule has 6 heteroatoms. The van der Waals surface area contributed by atoms with Crippen LogP contribution in [0.2, 0.25) is 0 Å². The Morgan fingerprint density at radius 2 is 1.70 bits per heavy atom. The minimum atomic E-state index is -0.549. The molecule has 0 radical (unpaired) electrons. The van der Waals surface area contributed by atoms with E-state index in [1.807, 2.05) is 60.7 Å². The van der Waals surface area contributed by atoms with E-state index >= 15 is 0 Å². The van der Waals surface area contributed by atoms with Crippen molar-refractivity contribution >= 4 is 12.0 Å². The highest BCUT2D eigenvalue weighted by Gasteiger charge is 2.33. The molecule has 3 rings (SSSR count). The molecule has 2 aromatic rings. The first kappa shape index (κ1) is 18.7. The Morgan fingerprint density at radius 3 is 2.37 bits per heavy atom. The van der Waals surface area contributed by atoms with Crippen molar-refractivity contribution in [1.82, 2.24) is 16.0 Å². The smallest absolute Gasteiger partial charge is 0.338 e. The molecule has 0 aromatic heterocycles. The predicted molar refractivity (Wildman–Crippen MR) is 103 cm³/mol. The molecule has 3 N–H and O–H groups in total. The monoisotopic (exact) mass is 365 g/mol. The first-order valence-corrected chi connectivity index (χ1v) is 8.96. The zero-order chi connectivity index (χ0) is 19.1. The maximum atomic E-state index is 12.6. The Morgan fingerprint density at radius 1 is 1.04 bits per heavy atom. The number of benzene rings is 2. The van der Waals surface area contributed by atoms with Crippen LogP contribution in [0.15, 0.2) is 71.9 Å². The van der Waals surface area contributed by atoms with E-state index in [4.69, 9.17) is 4.74 Å². The molecule has 1 atom stereocenters. The van der Waals surface area contributed by atoms with E-state index in [0.29, 0.717) is 24.4 Å². The van der Waals surface area contributed by atoms with E-state index in [1.54, 1.807) is 6.92 Å². The van der Waals surface area contributed by atoms with Crippen molar-refractivity contribution in [3.8, 4) is 0 Å². The average Bonchev–Trinajstić information content (AvgIpc) is 2.69. The highest BCUT2D eigenvalue weighted by Crippen LogP contribution is 2.27. The number of hydrogen-bond acceptors (Lipinski definition) is 4. The molecule has 0 aliphatic carbocycles. The molecule has 0 fully saturated rings. The molecule has 140 valence electrons. The lowest BCUT2D eigenvalue weighted by atomic mass is 9.95. The molecule has 0 saturated heterocycles. The maximum absolute atomic E-state index is 12.6. The summed E-state index contributed by atoms with van der Waals surface area (Å²) in [6.45, 7) is 3.00. The van der Waals surface area contributed by atoms with Gasteiger partial charge in [0.2, 0.25) is 0 Å². The lowest BCUT2D eigenvalue weighted by Gasteiger charge is -2.29. The Bertz CT molecular complexity index is 819. The molecule has 27 heavy (non-hydrogen) atoms. The fraction of sp³-hybridized carbons (Fsp3) is 0.238. The van der Waals surface area contributed by atoms with Gasteiger partial charge in [0, 0.05) is 18.8 Å². The van der Waals surface area contributed by atoms with Crippen LogP contribution in [0.3, 0.4) is 0 Å². The van der Waals surface area contributed by atoms with Crippen LogP contribution in [0.25, 0.3) is 0 Å². The van der Waals surface area contributed by atoms with Crippen molar-refractivity contribution in [2.24, 2.45) is 0 Å². The number of amides is 2. The number of rotatable bonds is 7. The topological polar surface area (TPSA) is 79.5 Å². The van der Waals surface area contributed by atoms with E-state index in [1.165, 1.54) is 0 Å². The third kappa shape index (κ3) is 4.74. The third-order valence-electron chi connectivity index (χ3n) is 4.26. The summed E-state index contributed by atoms with van der Waals surface area (Å²) in [7, 11) is 0. The number of hydrogen-bond donors (Lipinski definition) is 3. The molecular formula is C21H23N3O3. The van der Waals surface area contributed by atoms with Gasteiger partial charge >= 0.3 is 12.0 Å². The Balaban J connectivity index is 1.86. The van der Waals surface area contributed by atoms with Crippen LogP contribution < -0.4 is 16.0 Å². The Kier molecular flexibility index (Phi) is 6.22. The van der Waals surface area contributed by atoms with Crippen molar-refractivity contribution in [2.75, 3.05) is 13.2 Å². The second kappa shape index (κ2) is 9.00. The van der Waals surface area contributed by atoms with Crippen molar-refractivity contribution in [1.29, 1.82) is 0 Å². The van der Waals surface area contributed by atoms with Gasteiger partial charge < -0.3 is 20.7 Å². The van der Waals surface area contributed by atoms with Gasteiger partial charge in [-0.05, 0) is 18.1 Å². The number of ether oxygens (including phenoxy) is 1. The molecular weight excluding hydrogens is 342 g/mol. The zero-order valence-corrected chi connectivity index (χ0v) is 15.2. The van der Waals surface area contributed by atoms with Gasteiger partial charge in [-0.15, -0.1) is 0 Å². The molecule has 2 amide bonds. The molecule has 6 nitrogen and oxygen atoms in total. The van der Waals surface area contributed by atoms with E-state index in [2.05, 4.69) is 16.0 Å². The van der Waals surface area contributed by atoms with Gasteiger partial charge in [0.15, 0.2) is 0 Å². The van der Waals surface area contributed by atoms with Gasteiger partial charge in [-0.3, -0.25) is 0 Å². The number of carbonyl (C=O) groups excluding carboxylic acids is 2. The number of nitrogens with one attached hydrogen (secondary N) is 3. The van der Waals surface area contributed by atoms with Gasteiger partial charge in [0.05, 0.1) is 18.2 Å². The lowest BCUT2D eigenvalue weighted by Crippen LogP contribution is -2.48. The second-order valence-corrected chi connectivity index (χ2v) is 6.14. The molecule has 0 saturated carbocycles. The number of esters is 1. The fourth-order valence-electron chi connectivity index (χ4n) is 3.03. The van der Waals surface area contributed by atoms with Crippen LogP contribution in [0.1, 0.15) is 24.1 Å². The van der Waals surface area contributed by atoms with Gasteiger partial charge in [-0.1, -0.05) is 60.7 Å². The van der Waals surface area contributed by atoms with Gasteiger partial charge in [0.25, 0.3) is 0 Å². The standard InChI is InChI=1S/C21H23N3O3/c1-2-27-20(25)18-17(14-22-13-15-9-5-3-6-10-15)23-21(26)24-19(18)16-11-7-4-8-12-16/h3-12,19,22H,2,13-14H2,1H3,(H2,23,24,26)/t19-/m1/s1. The summed E-state index contributed by atoms with van der Waals surface area (Å²) in [4.78, 5) is 24.8. The minimum Gasteiger partial charge on any atom is -0.463 e. The van der Waals surface area contributed by atoms with Crippen molar-refractivity contribution < 1.29 is 14.3 Å². The molecule has 1 aliphatic rings. The first-order chi connectivity index (χ1) is 13.2. The summed E-state index contributed by atoms with van der Waals surface area (Å²) in [6.07, 6.45) is 0. The molecule has 1 aliphatic heterocycles. The molecule has 0 bridgehead atoms. The summed E-state index contributed by atoms with van der Waals surface area (Å²) in [5.41, 5.74) is 2.90. The molecule has 2 aromatic carbocycles. The van der Waals surface area contributed by atoms with Crippen molar-refractivity contribution in [2.45, 2.75) is 19.5 Å². The maximum Gasteiger partial charge on any atom is 0.338 e. The Hall–Kier alpha value is -3.12. The lowest BCUT2D eigenvalue weighted by molar-refractivity contribution is -0.139. The van der Waals surface area contributed by atoms with Crippen LogP contribution in [0.4, 0.5) is 4.79 Å². The highest BCUT2D eigenvalue weighted by molar-refractivity contribution is 5.95. The van der Waals surface area contributed by atoms with Gasteiger partial charge in [-0.25, -0.2) is 9.59 Å². The van der Waals surface area contributed by atoms with E-state index in [-0.39, 0.29) is 12.6 Å². The largest absolute Gasteiger partial charge is 0.463 e. The second-order valence-electron chi connectivity index (χ2n) is 6.14. The van der Waals surface area contributed by atoms with Crippen molar-refractivity contribution in [3.63, 3.8) is 0 Å². The summed E-state index contributed by atoms with van der Waals surface area (Å²) in [6, 6.07) is 18.4. The zero-order valence-electron chi connectivity index (χ0n) is 15.2. The predicted octanol–water partition coefficient (Wildman–Crippen LogP) is 2.65. The average molecular weight is 365 g/mol. The quantitative estimate of drug-likeness (QED) is 0.659. The van der Waals surface area contributed by atoms with Crippen LogP contribution >= 0.6 is 0 Å². The normalized spacial score (nSPS) is 16.5.